The van der Waals surface area contributed by atoms with Crippen molar-refractivity contribution < 1.29 is 14.6 Å². The molecule has 0 saturated carbocycles. The zero-order valence-corrected chi connectivity index (χ0v) is 17.4. The van der Waals surface area contributed by atoms with Gasteiger partial charge in [0.25, 0.3) is 5.91 Å². The summed E-state index contributed by atoms with van der Waals surface area (Å²) in [6.45, 7) is 1.43. The molecule has 1 aromatic heterocycles. The molecule has 1 saturated heterocycles. The highest BCUT2D eigenvalue weighted by atomic mass is 35.5. The number of hydrogen-bond donors (Lipinski definition) is 3. The van der Waals surface area contributed by atoms with E-state index >= 15 is 0 Å². The van der Waals surface area contributed by atoms with E-state index in [0.29, 0.717) is 23.3 Å². The van der Waals surface area contributed by atoms with Crippen LogP contribution in [0.5, 0.6) is 0 Å². The predicted molar refractivity (Wildman–Crippen MR) is 118 cm³/mol. The molecule has 3 N–H and O–H groups in total. The second-order valence-electron chi connectivity index (χ2n) is 7.41. The van der Waals surface area contributed by atoms with Gasteiger partial charge in [-0.3, -0.25) is 4.79 Å². The number of nitriles is 1. The van der Waals surface area contributed by atoms with Crippen molar-refractivity contribution in [3.63, 3.8) is 0 Å². The average Bonchev–Trinajstić information content (AvgIpc) is 3.29. The minimum absolute atomic E-state index is 0.0178. The number of benzene rings is 2. The molecule has 158 valence electrons. The van der Waals surface area contributed by atoms with E-state index in [9.17, 15) is 9.90 Å². The number of ether oxygens (including phenoxy) is 1. The van der Waals surface area contributed by atoms with Crippen molar-refractivity contribution in [2.24, 2.45) is 0 Å². The largest absolute Gasteiger partial charge is 0.387 e. The molecule has 2 atom stereocenters. The summed E-state index contributed by atoms with van der Waals surface area (Å²) in [5.74, 6) is 0.449. The number of fused-ring (bicyclic) bond motifs is 1. The smallest absolute Gasteiger partial charge is 0.251 e. The summed E-state index contributed by atoms with van der Waals surface area (Å²) in [6, 6.07) is 14.2. The first-order chi connectivity index (χ1) is 15.0. The van der Waals surface area contributed by atoms with E-state index in [2.05, 4.69) is 15.6 Å². The third-order valence-electron chi connectivity index (χ3n) is 5.22. The Morgan fingerprint density at radius 2 is 2.16 bits per heavy atom. The summed E-state index contributed by atoms with van der Waals surface area (Å²) < 4.78 is 5.38. The molecular formula is C23H21ClN4O3. The molecule has 0 spiro atoms. The number of halogens is 1. The van der Waals surface area contributed by atoms with Crippen LogP contribution < -0.4 is 10.6 Å². The highest BCUT2D eigenvalue weighted by Gasteiger charge is 2.16. The molecule has 1 aliphatic rings. The van der Waals surface area contributed by atoms with Crippen LogP contribution in [0.3, 0.4) is 0 Å². The van der Waals surface area contributed by atoms with Gasteiger partial charge in [-0.15, -0.1) is 0 Å². The van der Waals surface area contributed by atoms with Gasteiger partial charge in [0.2, 0.25) is 0 Å². The van der Waals surface area contributed by atoms with Crippen LogP contribution in [0.4, 0.5) is 5.82 Å². The minimum atomic E-state index is -0.941. The van der Waals surface area contributed by atoms with Crippen LogP contribution in [0.25, 0.3) is 10.8 Å². The lowest BCUT2D eigenvalue weighted by molar-refractivity contribution is 0.0916. The summed E-state index contributed by atoms with van der Waals surface area (Å²) in [4.78, 5) is 17.0. The Morgan fingerprint density at radius 3 is 2.90 bits per heavy atom. The molecule has 2 aromatic carbocycles. The van der Waals surface area contributed by atoms with Gasteiger partial charge >= 0.3 is 0 Å². The van der Waals surface area contributed by atoms with Gasteiger partial charge in [-0.05, 0) is 47.7 Å². The van der Waals surface area contributed by atoms with Crippen LogP contribution in [0.15, 0.2) is 48.7 Å². The SMILES string of the molecule is N#Cc1ccc([C@@H](O)CNC(=O)c2ccc3cnc(NC4CCOC4)cc3c2)cc1Cl. The van der Waals surface area contributed by atoms with Crippen molar-refractivity contribution in [3.05, 3.63) is 70.4 Å². The molecular weight excluding hydrogens is 416 g/mol. The first-order valence-corrected chi connectivity index (χ1v) is 10.3. The standard InChI is InChI=1S/C23H21ClN4O3/c24-20-8-14(1-3-16(20)10-25)21(29)12-27-23(30)15-2-4-17-11-26-22(9-18(17)7-15)28-19-5-6-31-13-19/h1-4,7-9,11,19,21,29H,5-6,12-13H2,(H,26,28)(H,27,30)/t19?,21-/m0/s1. The maximum Gasteiger partial charge on any atom is 0.251 e. The Balaban J connectivity index is 1.43. The maximum atomic E-state index is 12.6. The van der Waals surface area contributed by atoms with Gasteiger partial charge < -0.3 is 20.5 Å². The van der Waals surface area contributed by atoms with Crippen molar-refractivity contribution in [2.45, 2.75) is 18.6 Å². The van der Waals surface area contributed by atoms with E-state index in [4.69, 9.17) is 21.6 Å². The zero-order chi connectivity index (χ0) is 21.8. The predicted octanol–water partition coefficient (Wildman–Crippen LogP) is 3.42. The number of anilines is 1. The Morgan fingerprint density at radius 1 is 1.29 bits per heavy atom. The Hall–Kier alpha value is -3.18. The molecule has 2 heterocycles. The van der Waals surface area contributed by atoms with Crippen LogP contribution in [0.1, 0.15) is 34.0 Å². The third kappa shape index (κ3) is 4.94. The lowest BCUT2D eigenvalue weighted by atomic mass is 10.1. The number of hydrogen-bond acceptors (Lipinski definition) is 6. The fraction of sp³-hybridized carbons (Fsp3) is 0.261. The first kappa shape index (κ1) is 21.1. The molecule has 1 amide bonds. The van der Waals surface area contributed by atoms with Gasteiger partial charge in [-0.25, -0.2) is 4.98 Å². The van der Waals surface area contributed by atoms with Crippen molar-refractivity contribution in [2.75, 3.05) is 25.1 Å². The molecule has 7 nitrogen and oxygen atoms in total. The number of aliphatic hydroxyl groups is 1. The number of amides is 1. The summed E-state index contributed by atoms with van der Waals surface area (Å²) >= 11 is 6.02. The fourth-order valence-electron chi connectivity index (χ4n) is 3.46. The van der Waals surface area contributed by atoms with E-state index in [-0.39, 0.29) is 23.5 Å². The summed E-state index contributed by atoms with van der Waals surface area (Å²) in [5, 5.41) is 27.5. The number of rotatable bonds is 6. The van der Waals surface area contributed by atoms with Crippen LogP contribution >= 0.6 is 11.6 Å². The number of nitrogens with zero attached hydrogens (tertiary/aromatic N) is 2. The first-order valence-electron chi connectivity index (χ1n) is 9.93. The Kier molecular flexibility index (Phi) is 6.33. The number of nitrogens with one attached hydrogen (secondary N) is 2. The lowest BCUT2D eigenvalue weighted by Crippen LogP contribution is -2.28. The second kappa shape index (κ2) is 9.31. The third-order valence-corrected chi connectivity index (χ3v) is 5.53. The molecule has 4 rings (SSSR count). The molecule has 1 fully saturated rings. The quantitative estimate of drug-likeness (QED) is 0.546. The lowest BCUT2D eigenvalue weighted by Gasteiger charge is -2.14. The number of carbonyl (C=O) groups is 1. The van der Waals surface area contributed by atoms with Gasteiger partial charge in [0.05, 0.1) is 29.3 Å². The molecule has 8 heteroatoms. The highest BCUT2D eigenvalue weighted by molar-refractivity contribution is 6.31. The Bertz CT molecular complexity index is 1160. The normalized spacial score (nSPS) is 16.6. The summed E-state index contributed by atoms with van der Waals surface area (Å²) in [6.07, 6.45) is 1.77. The van der Waals surface area contributed by atoms with Crippen molar-refractivity contribution in [1.29, 1.82) is 5.26 Å². The topological polar surface area (TPSA) is 107 Å². The van der Waals surface area contributed by atoms with Crippen LogP contribution in [0.2, 0.25) is 5.02 Å². The number of carbonyl (C=O) groups excluding carboxylic acids is 1. The minimum Gasteiger partial charge on any atom is -0.387 e. The zero-order valence-electron chi connectivity index (χ0n) is 16.6. The Labute approximate surface area is 184 Å². The van der Waals surface area contributed by atoms with Crippen molar-refractivity contribution in [3.8, 4) is 6.07 Å². The van der Waals surface area contributed by atoms with Crippen LogP contribution in [0, 0.1) is 11.3 Å². The monoisotopic (exact) mass is 436 g/mol. The molecule has 0 radical (unpaired) electrons. The van der Waals surface area contributed by atoms with Crippen molar-refractivity contribution >= 4 is 34.1 Å². The van der Waals surface area contributed by atoms with E-state index in [0.717, 1.165) is 29.6 Å². The summed E-state index contributed by atoms with van der Waals surface area (Å²) in [5.41, 5.74) is 1.35. The molecule has 3 aromatic rings. The van der Waals surface area contributed by atoms with E-state index in [1.54, 1.807) is 30.5 Å². The van der Waals surface area contributed by atoms with E-state index in [1.807, 2.05) is 18.2 Å². The molecule has 0 aliphatic carbocycles. The van der Waals surface area contributed by atoms with Gasteiger partial charge in [-0.1, -0.05) is 23.7 Å². The molecule has 0 bridgehead atoms. The number of aromatic nitrogens is 1. The van der Waals surface area contributed by atoms with E-state index in [1.165, 1.54) is 6.07 Å². The van der Waals surface area contributed by atoms with Gasteiger partial charge in [0.15, 0.2) is 0 Å². The number of pyridine rings is 1. The van der Waals surface area contributed by atoms with Gasteiger partial charge in [0.1, 0.15) is 11.9 Å². The van der Waals surface area contributed by atoms with E-state index < -0.39 is 6.10 Å². The fourth-order valence-corrected chi connectivity index (χ4v) is 3.69. The van der Waals surface area contributed by atoms with Gasteiger partial charge in [-0.2, -0.15) is 5.26 Å². The van der Waals surface area contributed by atoms with Gasteiger partial charge in [0, 0.05) is 30.3 Å². The van der Waals surface area contributed by atoms with Crippen LogP contribution in [-0.4, -0.2) is 41.8 Å². The highest BCUT2D eigenvalue weighted by Crippen LogP contribution is 2.22. The molecule has 1 aliphatic heterocycles. The van der Waals surface area contributed by atoms with Crippen LogP contribution in [-0.2, 0) is 4.74 Å². The summed E-state index contributed by atoms with van der Waals surface area (Å²) in [7, 11) is 0. The second-order valence-corrected chi connectivity index (χ2v) is 7.82. The maximum absolute atomic E-state index is 12.6. The average molecular weight is 437 g/mol. The van der Waals surface area contributed by atoms with Crippen molar-refractivity contribution in [1.82, 2.24) is 10.3 Å². The molecule has 31 heavy (non-hydrogen) atoms. The number of aliphatic hydroxyl groups excluding tert-OH is 1. The molecule has 1 unspecified atom stereocenters.